The van der Waals surface area contributed by atoms with Crippen LogP contribution in [0.2, 0.25) is 0 Å². The second kappa shape index (κ2) is 9.56. The van der Waals surface area contributed by atoms with E-state index in [2.05, 4.69) is 11.8 Å². The average molecular weight is 405 g/mol. The molecule has 0 saturated heterocycles. The van der Waals surface area contributed by atoms with E-state index in [1.54, 1.807) is 4.90 Å². The molecule has 0 aromatic heterocycles. The predicted octanol–water partition coefficient (Wildman–Crippen LogP) is 6.07. The fraction of sp³-hybridized carbons (Fsp3) is 0.0357. The number of halogens is 1. The van der Waals surface area contributed by atoms with E-state index in [1.165, 1.54) is 24.3 Å². The van der Waals surface area contributed by atoms with Crippen molar-refractivity contribution in [2.45, 2.75) is 6.54 Å². The fourth-order valence-electron chi connectivity index (χ4n) is 3.26. The van der Waals surface area contributed by atoms with E-state index in [4.69, 9.17) is 0 Å². The number of anilines is 1. The third-order valence-electron chi connectivity index (χ3n) is 4.83. The highest BCUT2D eigenvalue weighted by atomic mass is 19.1. The van der Waals surface area contributed by atoms with Crippen molar-refractivity contribution in [2.24, 2.45) is 0 Å². The van der Waals surface area contributed by atoms with E-state index >= 15 is 0 Å². The zero-order valence-electron chi connectivity index (χ0n) is 16.8. The summed E-state index contributed by atoms with van der Waals surface area (Å²) in [5.41, 5.74) is 3.77. The minimum atomic E-state index is -0.375. The van der Waals surface area contributed by atoms with Gasteiger partial charge in [-0.2, -0.15) is 0 Å². The molecular formula is C28H20FNO. The summed E-state index contributed by atoms with van der Waals surface area (Å²) in [7, 11) is 0. The smallest absolute Gasteiger partial charge is 0.258 e. The molecule has 0 heterocycles. The molecule has 0 aliphatic carbocycles. The van der Waals surface area contributed by atoms with Crippen molar-refractivity contribution in [3.8, 4) is 11.8 Å². The number of rotatable bonds is 4. The van der Waals surface area contributed by atoms with Gasteiger partial charge in [-0.3, -0.25) is 4.79 Å². The molecule has 0 saturated carbocycles. The number of benzene rings is 4. The molecule has 4 rings (SSSR count). The highest BCUT2D eigenvalue weighted by molar-refractivity contribution is 6.06. The third kappa shape index (κ3) is 5.07. The first-order valence-corrected chi connectivity index (χ1v) is 9.98. The molecule has 0 radical (unpaired) electrons. The standard InChI is InChI=1S/C28H20FNO/c29-26-19-17-25(18-20-26)28(31)30(21-23-11-5-2-6-12-23)27-14-8-7-13-24(27)16-15-22-9-3-1-4-10-22/h1-14,17-20H,21H2. The van der Waals surface area contributed by atoms with Gasteiger partial charge in [0.05, 0.1) is 12.2 Å². The number of hydrogen-bond acceptors (Lipinski definition) is 1. The second-order valence-corrected chi connectivity index (χ2v) is 7.02. The van der Waals surface area contributed by atoms with Crippen molar-refractivity contribution in [1.29, 1.82) is 0 Å². The van der Waals surface area contributed by atoms with Crippen LogP contribution in [0, 0.1) is 17.7 Å². The van der Waals surface area contributed by atoms with Gasteiger partial charge in [0.1, 0.15) is 5.82 Å². The summed E-state index contributed by atoms with van der Waals surface area (Å²) in [4.78, 5) is 15.1. The van der Waals surface area contributed by atoms with Crippen LogP contribution in [0.5, 0.6) is 0 Å². The van der Waals surface area contributed by atoms with Crippen LogP contribution in [0.4, 0.5) is 10.1 Å². The van der Waals surface area contributed by atoms with Gasteiger partial charge in [-0.25, -0.2) is 4.39 Å². The average Bonchev–Trinajstić information content (AvgIpc) is 2.83. The summed E-state index contributed by atoms with van der Waals surface area (Å²) >= 11 is 0. The number of nitrogens with zero attached hydrogens (tertiary/aromatic N) is 1. The lowest BCUT2D eigenvalue weighted by Gasteiger charge is -2.24. The third-order valence-corrected chi connectivity index (χ3v) is 4.83. The van der Waals surface area contributed by atoms with Gasteiger partial charge in [0, 0.05) is 16.7 Å². The summed E-state index contributed by atoms with van der Waals surface area (Å²) in [6.07, 6.45) is 0. The topological polar surface area (TPSA) is 20.3 Å². The number of carbonyl (C=O) groups is 1. The Labute approximate surface area is 181 Å². The fourth-order valence-corrected chi connectivity index (χ4v) is 3.26. The van der Waals surface area contributed by atoms with Crippen LogP contribution in [0.25, 0.3) is 0 Å². The zero-order chi connectivity index (χ0) is 21.5. The molecule has 31 heavy (non-hydrogen) atoms. The number of amides is 1. The lowest BCUT2D eigenvalue weighted by molar-refractivity contribution is 0.0985. The molecule has 0 aliphatic heterocycles. The van der Waals surface area contributed by atoms with Gasteiger partial charge in [0.15, 0.2) is 0 Å². The van der Waals surface area contributed by atoms with Crippen molar-refractivity contribution in [3.63, 3.8) is 0 Å². The molecule has 0 atom stereocenters. The molecule has 4 aromatic rings. The van der Waals surface area contributed by atoms with Crippen LogP contribution in [0.3, 0.4) is 0 Å². The maximum atomic E-state index is 13.4. The van der Waals surface area contributed by atoms with E-state index in [1.807, 2.05) is 84.9 Å². The maximum absolute atomic E-state index is 13.4. The zero-order valence-corrected chi connectivity index (χ0v) is 16.8. The molecule has 0 unspecified atom stereocenters. The van der Waals surface area contributed by atoms with E-state index in [0.717, 1.165) is 16.7 Å². The lowest BCUT2D eigenvalue weighted by atomic mass is 10.1. The molecule has 0 N–H and O–H groups in total. The summed E-state index contributed by atoms with van der Waals surface area (Å²) in [5, 5.41) is 0. The first-order valence-electron chi connectivity index (χ1n) is 9.98. The van der Waals surface area contributed by atoms with Gasteiger partial charge in [-0.15, -0.1) is 0 Å². The van der Waals surface area contributed by atoms with Crippen molar-refractivity contribution in [2.75, 3.05) is 4.90 Å². The molecule has 4 aromatic carbocycles. The van der Waals surface area contributed by atoms with Crippen LogP contribution in [0.1, 0.15) is 27.0 Å². The van der Waals surface area contributed by atoms with Crippen LogP contribution < -0.4 is 4.90 Å². The Hall–Kier alpha value is -4.16. The largest absolute Gasteiger partial charge is 0.303 e. The quantitative estimate of drug-likeness (QED) is 0.377. The number of para-hydroxylation sites is 1. The molecule has 0 bridgehead atoms. The Kier molecular flexibility index (Phi) is 6.21. The second-order valence-electron chi connectivity index (χ2n) is 7.02. The van der Waals surface area contributed by atoms with Crippen molar-refractivity contribution >= 4 is 11.6 Å². The Bertz CT molecular complexity index is 1220. The molecular weight excluding hydrogens is 385 g/mol. The van der Waals surface area contributed by atoms with Crippen molar-refractivity contribution in [1.82, 2.24) is 0 Å². The highest BCUT2D eigenvalue weighted by Gasteiger charge is 2.20. The van der Waals surface area contributed by atoms with Gasteiger partial charge in [0.25, 0.3) is 5.91 Å². The summed E-state index contributed by atoms with van der Waals surface area (Å²) in [6, 6.07) is 32.7. The normalized spacial score (nSPS) is 10.1. The predicted molar refractivity (Wildman–Crippen MR) is 122 cm³/mol. The van der Waals surface area contributed by atoms with Gasteiger partial charge >= 0.3 is 0 Å². The Balaban J connectivity index is 1.76. The molecule has 0 aliphatic rings. The van der Waals surface area contributed by atoms with Crippen molar-refractivity contribution in [3.05, 3.63) is 137 Å². The van der Waals surface area contributed by atoms with Crippen LogP contribution in [-0.4, -0.2) is 5.91 Å². The minimum Gasteiger partial charge on any atom is -0.303 e. The Morgan fingerprint density at radius 1 is 0.710 bits per heavy atom. The van der Waals surface area contributed by atoms with Gasteiger partial charge in [-0.1, -0.05) is 72.5 Å². The Morgan fingerprint density at radius 2 is 1.32 bits per heavy atom. The van der Waals surface area contributed by atoms with E-state index in [0.29, 0.717) is 17.8 Å². The van der Waals surface area contributed by atoms with Gasteiger partial charge < -0.3 is 4.90 Å². The molecule has 150 valence electrons. The van der Waals surface area contributed by atoms with Gasteiger partial charge in [-0.05, 0) is 54.1 Å². The van der Waals surface area contributed by atoms with E-state index in [-0.39, 0.29) is 11.7 Å². The summed E-state index contributed by atoms with van der Waals surface area (Å²) in [5.74, 6) is 5.79. The van der Waals surface area contributed by atoms with Crippen LogP contribution >= 0.6 is 0 Å². The highest BCUT2D eigenvalue weighted by Crippen LogP contribution is 2.24. The SMILES string of the molecule is O=C(c1ccc(F)cc1)N(Cc1ccccc1)c1ccccc1C#Cc1ccccc1. The molecule has 3 heteroatoms. The van der Waals surface area contributed by atoms with Crippen molar-refractivity contribution < 1.29 is 9.18 Å². The Morgan fingerprint density at radius 3 is 2.03 bits per heavy atom. The minimum absolute atomic E-state index is 0.210. The first-order chi connectivity index (χ1) is 15.2. The van der Waals surface area contributed by atoms with Crippen LogP contribution in [-0.2, 0) is 6.54 Å². The lowest BCUT2D eigenvalue weighted by Crippen LogP contribution is -2.31. The molecule has 1 amide bonds. The number of carbonyl (C=O) groups excluding carboxylic acids is 1. The monoisotopic (exact) mass is 405 g/mol. The number of hydrogen-bond donors (Lipinski definition) is 0. The molecule has 0 fully saturated rings. The van der Waals surface area contributed by atoms with E-state index in [9.17, 15) is 9.18 Å². The van der Waals surface area contributed by atoms with Crippen LogP contribution in [0.15, 0.2) is 109 Å². The molecule has 2 nitrogen and oxygen atoms in total. The molecule has 0 spiro atoms. The summed E-state index contributed by atoms with van der Waals surface area (Å²) in [6.45, 7) is 0.376. The first kappa shape index (κ1) is 20.1. The van der Waals surface area contributed by atoms with Gasteiger partial charge in [0.2, 0.25) is 0 Å². The maximum Gasteiger partial charge on any atom is 0.258 e. The van der Waals surface area contributed by atoms with E-state index < -0.39 is 0 Å². The summed E-state index contributed by atoms with van der Waals surface area (Å²) < 4.78 is 13.4.